The van der Waals surface area contributed by atoms with Gasteiger partial charge in [0.2, 0.25) is 0 Å². The first-order valence-corrected chi connectivity index (χ1v) is 2.69. The predicted molar refractivity (Wildman–Crippen MR) is 28.5 cm³/mol. The van der Waals surface area contributed by atoms with Gasteiger partial charge < -0.3 is 15.2 Å². The molecule has 46 valence electrons. The van der Waals surface area contributed by atoms with Gasteiger partial charge in [0.25, 0.3) is 0 Å². The highest BCUT2D eigenvalue weighted by molar-refractivity contribution is 5.58. The van der Waals surface area contributed by atoms with Crippen LogP contribution in [0.15, 0.2) is 0 Å². The Labute approximate surface area is 47.7 Å². The van der Waals surface area contributed by atoms with Crippen LogP contribution in [-0.2, 0) is 4.79 Å². The molecule has 2 N–H and O–H groups in total. The van der Waals surface area contributed by atoms with Gasteiger partial charge in [-0.05, 0) is 6.42 Å². The molecule has 3 nitrogen and oxygen atoms in total. The molecule has 0 aromatic heterocycles. The third-order valence-electron chi connectivity index (χ3n) is 1.31. The number of rotatable bonds is 1. The molecule has 1 unspecified atom stereocenters. The molecule has 3 heteroatoms. The van der Waals surface area contributed by atoms with Crippen molar-refractivity contribution in [2.45, 2.75) is 18.6 Å². The van der Waals surface area contributed by atoms with Gasteiger partial charge in [-0.25, -0.2) is 0 Å². The largest absolute Gasteiger partial charge is 0.392 e. The van der Waals surface area contributed by atoms with Crippen LogP contribution in [0.1, 0.15) is 6.42 Å². The summed E-state index contributed by atoms with van der Waals surface area (Å²) in [5, 5.41) is 11.6. The molecule has 1 aliphatic heterocycles. The maximum absolute atomic E-state index is 9.98. The lowest BCUT2D eigenvalue weighted by atomic mass is 10.2. The monoisotopic (exact) mass is 115 g/mol. The highest BCUT2D eigenvalue weighted by Gasteiger charge is 2.20. The first-order chi connectivity index (χ1) is 3.83. The highest BCUT2D eigenvalue weighted by atomic mass is 16.3. The third-order valence-corrected chi connectivity index (χ3v) is 1.31. The SMILES string of the molecule is O=C[C@H]1CC(O)CN1. The zero-order valence-electron chi connectivity index (χ0n) is 4.50. The number of nitrogens with one attached hydrogen (secondary N) is 1. The molecule has 0 aliphatic carbocycles. The van der Waals surface area contributed by atoms with Crippen LogP contribution in [0.5, 0.6) is 0 Å². The van der Waals surface area contributed by atoms with Gasteiger partial charge in [-0.2, -0.15) is 0 Å². The molecule has 0 radical (unpaired) electrons. The molecule has 2 atom stereocenters. The first kappa shape index (κ1) is 5.72. The van der Waals surface area contributed by atoms with Crippen molar-refractivity contribution in [3.8, 4) is 0 Å². The number of aldehydes is 1. The quantitative estimate of drug-likeness (QED) is 0.427. The summed E-state index contributed by atoms with van der Waals surface area (Å²) < 4.78 is 0. The summed E-state index contributed by atoms with van der Waals surface area (Å²) in [6.07, 6.45) is 1.09. The number of aliphatic hydroxyl groups excluding tert-OH is 1. The Bertz CT molecular complexity index is 94.4. The van der Waals surface area contributed by atoms with Crippen molar-refractivity contribution in [1.82, 2.24) is 5.32 Å². The van der Waals surface area contributed by atoms with Crippen molar-refractivity contribution < 1.29 is 9.90 Å². The summed E-state index contributed by atoms with van der Waals surface area (Å²) in [7, 11) is 0. The highest BCUT2D eigenvalue weighted by Crippen LogP contribution is 2.02. The number of hydrogen-bond acceptors (Lipinski definition) is 3. The van der Waals surface area contributed by atoms with Crippen molar-refractivity contribution in [2.75, 3.05) is 6.54 Å². The van der Waals surface area contributed by atoms with Crippen LogP contribution in [0, 0.1) is 0 Å². The molecular weight excluding hydrogens is 106 g/mol. The average Bonchev–Trinajstić information content (AvgIpc) is 2.14. The van der Waals surface area contributed by atoms with Gasteiger partial charge in [0.15, 0.2) is 0 Å². The van der Waals surface area contributed by atoms with Gasteiger partial charge in [0.05, 0.1) is 12.1 Å². The van der Waals surface area contributed by atoms with Crippen LogP contribution < -0.4 is 5.32 Å². The van der Waals surface area contributed by atoms with Crippen molar-refractivity contribution >= 4 is 6.29 Å². The smallest absolute Gasteiger partial charge is 0.136 e. The zero-order valence-corrected chi connectivity index (χ0v) is 4.50. The Morgan fingerprint density at radius 3 is 2.75 bits per heavy atom. The number of hydrogen-bond donors (Lipinski definition) is 2. The standard InChI is InChI=1S/C5H9NO2/c7-3-4-1-5(8)2-6-4/h3-6,8H,1-2H2/t4-,5?/m1/s1. The summed E-state index contributed by atoms with van der Waals surface area (Å²) in [6, 6.07) is -0.106. The predicted octanol–water partition coefficient (Wildman–Crippen LogP) is -1.09. The Kier molecular flexibility index (Phi) is 1.60. The van der Waals surface area contributed by atoms with E-state index in [4.69, 9.17) is 5.11 Å². The lowest BCUT2D eigenvalue weighted by Crippen LogP contribution is -2.22. The zero-order chi connectivity index (χ0) is 5.98. The third kappa shape index (κ3) is 1.05. The minimum absolute atomic E-state index is 0.106. The van der Waals surface area contributed by atoms with E-state index in [0.717, 1.165) is 6.29 Å². The van der Waals surface area contributed by atoms with E-state index in [1.807, 2.05) is 0 Å². The molecule has 0 aromatic rings. The molecular formula is C5H9NO2. The summed E-state index contributed by atoms with van der Waals surface area (Å²) in [5.74, 6) is 0. The molecule has 0 spiro atoms. The molecule has 0 saturated carbocycles. The van der Waals surface area contributed by atoms with Gasteiger partial charge in [0.1, 0.15) is 6.29 Å². The fourth-order valence-electron chi connectivity index (χ4n) is 0.851. The van der Waals surface area contributed by atoms with Crippen LogP contribution >= 0.6 is 0 Å². The van der Waals surface area contributed by atoms with E-state index < -0.39 is 0 Å². The van der Waals surface area contributed by atoms with Gasteiger partial charge in [-0.3, -0.25) is 0 Å². The Morgan fingerprint density at radius 1 is 1.75 bits per heavy atom. The second kappa shape index (κ2) is 2.24. The second-order valence-corrected chi connectivity index (χ2v) is 2.04. The Morgan fingerprint density at radius 2 is 2.50 bits per heavy atom. The molecule has 0 aromatic carbocycles. The average molecular weight is 115 g/mol. The molecule has 8 heavy (non-hydrogen) atoms. The normalized spacial score (nSPS) is 37.6. The maximum Gasteiger partial charge on any atom is 0.136 e. The van der Waals surface area contributed by atoms with Gasteiger partial charge >= 0.3 is 0 Å². The minimum Gasteiger partial charge on any atom is -0.392 e. The summed E-state index contributed by atoms with van der Waals surface area (Å²) >= 11 is 0. The molecule has 0 amide bonds. The second-order valence-electron chi connectivity index (χ2n) is 2.04. The van der Waals surface area contributed by atoms with Crippen LogP contribution in [0.3, 0.4) is 0 Å². The van der Waals surface area contributed by atoms with Crippen molar-refractivity contribution in [1.29, 1.82) is 0 Å². The van der Waals surface area contributed by atoms with E-state index in [2.05, 4.69) is 5.32 Å². The van der Waals surface area contributed by atoms with Crippen LogP contribution in [0.25, 0.3) is 0 Å². The van der Waals surface area contributed by atoms with Crippen LogP contribution in [-0.4, -0.2) is 30.1 Å². The number of aliphatic hydroxyl groups is 1. The summed E-state index contributed by atoms with van der Waals surface area (Å²) in [5.41, 5.74) is 0. The summed E-state index contributed by atoms with van der Waals surface area (Å²) in [6.45, 7) is 0.559. The minimum atomic E-state index is -0.315. The molecule has 0 bridgehead atoms. The van der Waals surface area contributed by atoms with E-state index in [0.29, 0.717) is 13.0 Å². The Hall–Kier alpha value is -0.410. The lowest BCUT2D eigenvalue weighted by molar-refractivity contribution is -0.109. The molecule has 1 rings (SSSR count). The van der Waals surface area contributed by atoms with E-state index in [-0.39, 0.29) is 12.1 Å². The van der Waals surface area contributed by atoms with Crippen molar-refractivity contribution in [2.24, 2.45) is 0 Å². The number of β-amino-alcohol motifs (C(OH)–C–C–N with tert-alkyl or cyclic N) is 1. The number of carbonyl (C=O) groups is 1. The van der Waals surface area contributed by atoms with Crippen molar-refractivity contribution in [3.05, 3.63) is 0 Å². The van der Waals surface area contributed by atoms with E-state index in [1.165, 1.54) is 0 Å². The summed E-state index contributed by atoms with van der Waals surface area (Å²) in [4.78, 5) is 9.98. The van der Waals surface area contributed by atoms with E-state index in [9.17, 15) is 4.79 Å². The molecule has 1 aliphatic rings. The van der Waals surface area contributed by atoms with Gasteiger partial charge in [-0.1, -0.05) is 0 Å². The molecule has 1 fully saturated rings. The van der Waals surface area contributed by atoms with Crippen LogP contribution in [0.2, 0.25) is 0 Å². The molecule has 1 saturated heterocycles. The topological polar surface area (TPSA) is 49.3 Å². The fourth-order valence-corrected chi connectivity index (χ4v) is 0.851. The van der Waals surface area contributed by atoms with E-state index in [1.54, 1.807) is 0 Å². The van der Waals surface area contributed by atoms with Gasteiger partial charge in [0, 0.05) is 6.54 Å². The van der Waals surface area contributed by atoms with E-state index >= 15 is 0 Å². The van der Waals surface area contributed by atoms with Crippen LogP contribution in [0.4, 0.5) is 0 Å². The van der Waals surface area contributed by atoms with Gasteiger partial charge in [-0.15, -0.1) is 0 Å². The fraction of sp³-hybridized carbons (Fsp3) is 0.800. The molecule has 1 heterocycles. The lowest BCUT2D eigenvalue weighted by Gasteiger charge is -1.94. The van der Waals surface area contributed by atoms with Crippen molar-refractivity contribution in [3.63, 3.8) is 0 Å². The Balaban J connectivity index is 2.32. The number of carbonyl (C=O) groups excluding carboxylic acids is 1. The first-order valence-electron chi connectivity index (χ1n) is 2.69. The maximum atomic E-state index is 9.98.